The van der Waals surface area contributed by atoms with E-state index in [4.69, 9.17) is 0 Å². The molecule has 0 aromatic carbocycles. The molecule has 1 N–H and O–H groups in total. The van der Waals surface area contributed by atoms with Crippen molar-refractivity contribution in [1.82, 2.24) is 20.0 Å². The van der Waals surface area contributed by atoms with E-state index in [1.54, 1.807) is 6.20 Å². The Morgan fingerprint density at radius 2 is 2.04 bits per heavy atom. The van der Waals surface area contributed by atoms with Crippen molar-refractivity contribution >= 4 is 5.91 Å². The number of hydrogen-bond acceptors (Lipinski definition) is 4. The van der Waals surface area contributed by atoms with E-state index in [9.17, 15) is 10.1 Å². The molecule has 2 aliphatic rings. The van der Waals surface area contributed by atoms with Gasteiger partial charge in [-0.2, -0.15) is 10.4 Å². The van der Waals surface area contributed by atoms with Gasteiger partial charge in [-0.1, -0.05) is 32.1 Å². The summed E-state index contributed by atoms with van der Waals surface area (Å²) < 4.78 is 1.95. The number of nitrogens with zero attached hydrogens (tertiary/aromatic N) is 4. The molecule has 0 spiro atoms. The molecule has 25 heavy (non-hydrogen) atoms. The van der Waals surface area contributed by atoms with Crippen molar-refractivity contribution in [2.45, 2.75) is 75.9 Å². The van der Waals surface area contributed by atoms with Gasteiger partial charge in [-0.25, -0.2) is 0 Å². The van der Waals surface area contributed by atoms with Gasteiger partial charge >= 0.3 is 0 Å². The van der Waals surface area contributed by atoms with Gasteiger partial charge in [0.1, 0.15) is 5.54 Å². The van der Waals surface area contributed by atoms with Gasteiger partial charge in [0.25, 0.3) is 0 Å². The van der Waals surface area contributed by atoms with Crippen LogP contribution >= 0.6 is 0 Å². The molecule has 1 saturated carbocycles. The third kappa shape index (κ3) is 4.82. The molecule has 3 rings (SSSR count). The van der Waals surface area contributed by atoms with E-state index in [1.807, 2.05) is 16.9 Å². The molecule has 136 valence electrons. The number of hydrogen-bond donors (Lipinski definition) is 1. The van der Waals surface area contributed by atoms with Crippen LogP contribution in [0.1, 0.15) is 57.8 Å². The zero-order valence-corrected chi connectivity index (χ0v) is 15.0. The average molecular weight is 343 g/mol. The van der Waals surface area contributed by atoms with E-state index in [0.29, 0.717) is 12.6 Å². The molecule has 1 saturated heterocycles. The standard InChI is InChI=1S/C19H29N5O/c20-16-19(9-4-1-2-5-10-19)22-18(25)15-23-12-6-3-8-17(23)14-24-13-7-11-21-24/h7,11,13,17H,1-6,8-10,12,14-15H2,(H,22,25)/t17-/m1/s1. The zero-order valence-electron chi connectivity index (χ0n) is 15.0. The SMILES string of the molecule is N#CC1(NC(=O)CN2CCCC[C@@H]2Cn2cccn2)CCCCCC1. The Hall–Kier alpha value is -1.87. The van der Waals surface area contributed by atoms with Crippen LogP contribution in [0.25, 0.3) is 0 Å². The van der Waals surface area contributed by atoms with Crippen LogP contribution in [0.3, 0.4) is 0 Å². The normalized spacial score (nSPS) is 24.2. The lowest BCUT2D eigenvalue weighted by atomic mass is 9.91. The Morgan fingerprint density at radius 1 is 1.24 bits per heavy atom. The first-order valence-corrected chi connectivity index (χ1v) is 9.64. The summed E-state index contributed by atoms with van der Waals surface area (Å²) in [6, 6.07) is 4.68. The van der Waals surface area contributed by atoms with Gasteiger partial charge in [-0.05, 0) is 38.3 Å². The van der Waals surface area contributed by atoms with E-state index >= 15 is 0 Å². The molecular weight excluding hydrogens is 314 g/mol. The second kappa shape index (κ2) is 8.48. The predicted molar refractivity (Wildman–Crippen MR) is 95.6 cm³/mol. The molecule has 1 aliphatic carbocycles. The van der Waals surface area contributed by atoms with E-state index in [-0.39, 0.29) is 5.91 Å². The second-order valence-corrected chi connectivity index (χ2v) is 7.50. The molecule has 1 atom stereocenters. The highest BCUT2D eigenvalue weighted by atomic mass is 16.2. The summed E-state index contributed by atoms with van der Waals surface area (Å²) in [6.45, 7) is 2.15. The summed E-state index contributed by atoms with van der Waals surface area (Å²) >= 11 is 0. The lowest BCUT2D eigenvalue weighted by Gasteiger charge is -2.36. The van der Waals surface area contributed by atoms with Gasteiger partial charge in [0.05, 0.1) is 19.2 Å². The number of carbonyl (C=O) groups excluding carboxylic acids is 1. The van der Waals surface area contributed by atoms with E-state index < -0.39 is 5.54 Å². The molecule has 1 amide bonds. The molecule has 1 aliphatic heterocycles. The van der Waals surface area contributed by atoms with Crippen LogP contribution in [-0.4, -0.2) is 45.3 Å². The summed E-state index contributed by atoms with van der Waals surface area (Å²) in [5.74, 6) is -0.00387. The largest absolute Gasteiger partial charge is 0.337 e. The Morgan fingerprint density at radius 3 is 2.72 bits per heavy atom. The summed E-state index contributed by atoms with van der Waals surface area (Å²) in [5.41, 5.74) is -0.652. The van der Waals surface area contributed by atoms with Crippen LogP contribution in [0.2, 0.25) is 0 Å². The molecule has 1 aromatic rings. The summed E-state index contributed by atoms with van der Waals surface area (Å²) in [4.78, 5) is 14.9. The van der Waals surface area contributed by atoms with Crippen molar-refractivity contribution in [3.05, 3.63) is 18.5 Å². The molecule has 1 aromatic heterocycles. The van der Waals surface area contributed by atoms with Gasteiger partial charge in [-0.15, -0.1) is 0 Å². The van der Waals surface area contributed by atoms with Crippen molar-refractivity contribution in [1.29, 1.82) is 5.26 Å². The number of nitrogens with one attached hydrogen (secondary N) is 1. The Bertz CT molecular complexity index is 583. The summed E-state index contributed by atoms with van der Waals surface area (Å²) in [5, 5.41) is 17.0. The molecule has 2 fully saturated rings. The molecule has 0 radical (unpaired) electrons. The van der Waals surface area contributed by atoms with Crippen LogP contribution in [0, 0.1) is 11.3 Å². The average Bonchev–Trinajstić information content (AvgIpc) is 3.01. The Kier molecular flexibility index (Phi) is 6.09. The first-order valence-electron chi connectivity index (χ1n) is 9.64. The number of carbonyl (C=O) groups is 1. The first-order chi connectivity index (χ1) is 12.2. The lowest BCUT2D eigenvalue weighted by Crippen LogP contribution is -2.53. The number of nitriles is 1. The van der Waals surface area contributed by atoms with Gasteiger partial charge in [0.2, 0.25) is 5.91 Å². The number of amides is 1. The minimum absolute atomic E-state index is 0.00387. The molecular formula is C19H29N5O. The van der Waals surface area contributed by atoms with Crippen LogP contribution in [0.5, 0.6) is 0 Å². The second-order valence-electron chi connectivity index (χ2n) is 7.50. The van der Waals surface area contributed by atoms with Crippen LogP contribution in [-0.2, 0) is 11.3 Å². The number of aromatic nitrogens is 2. The van der Waals surface area contributed by atoms with E-state index in [2.05, 4.69) is 21.4 Å². The van der Waals surface area contributed by atoms with E-state index in [0.717, 1.165) is 64.5 Å². The van der Waals surface area contributed by atoms with Crippen molar-refractivity contribution in [3.63, 3.8) is 0 Å². The third-order valence-corrected chi connectivity index (χ3v) is 5.60. The number of rotatable bonds is 5. The quantitative estimate of drug-likeness (QED) is 0.834. The number of piperidine rings is 1. The maximum Gasteiger partial charge on any atom is 0.235 e. The molecule has 6 nitrogen and oxygen atoms in total. The van der Waals surface area contributed by atoms with Crippen LogP contribution < -0.4 is 5.32 Å². The lowest BCUT2D eigenvalue weighted by molar-refractivity contribution is -0.124. The fourth-order valence-corrected chi connectivity index (χ4v) is 4.19. The third-order valence-electron chi connectivity index (χ3n) is 5.60. The van der Waals surface area contributed by atoms with Crippen LogP contribution in [0.4, 0.5) is 0 Å². The van der Waals surface area contributed by atoms with Crippen molar-refractivity contribution < 1.29 is 4.79 Å². The highest BCUT2D eigenvalue weighted by Gasteiger charge is 2.33. The fourth-order valence-electron chi connectivity index (χ4n) is 4.19. The summed E-state index contributed by atoms with van der Waals surface area (Å²) in [7, 11) is 0. The molecule has 6 heteroatoms. The van der Waals surface area contributed by atoms with Gasteiger partial charge < -0.3 is 5.32 Å². The molecule has 2 heterocycles. The predicted octanol–water partition coefficient (Wildman–Crippen LogP) is 2.47. The zero-order chi connectivity index (χ0) is 17.5. The minimum Gasteiger partial charge on any atom is -0.337 e. The summed E-state index contributed by atoms with van der Waals surface area (Å²) in [6.07, 6.45) is 13.1. The van der Waals surface area contributed by atoms with Gasteiger partial charge in [0, 0.05) is 18.4 Å². The smallest absolute Gasteiger partial charge is 0.235 e. The first kappa shape index (κ1) is 17.9. The Labute approximate surface area is 150 Å². The Balaban J connectivity index is 1.58. The highest BCUT2D eigenvalue weighted by Crippen LogP contribution is 2.27. The molecule has 0 unspecified atom stereocenters. The van der Waals surface area contributed by atoms with Crippen molar-refractivity contribution in [2.75, 3.05) is 13.1 Å². The fraction of sp³-hybridized carbons (Fsp3) is 0.737. The molecule has 0 bridgehead atoms. The topological polar surface area (TPSA) is 74.0 Å². The minimum atomic E-state index is -0.652. The maximum atomic E-state index is 12.7. The van der Waals surface area contributed by atoms with Gasteiger partial charge in [-0.3, -0.25) is 14.4 Å². The van der Waals surface area contributed by atoms with E-state index in [1.165, 1.54) is 6.42 Å². The van der Waals surface area contributed by atoms with Gasteiger partial charge in [0.15, 0.2) is 0 Å². The monoisotopic (exact) mass is 343 g/mol. The van der Waals surface area contributed by atoms with Crippen molar-refractivity contribution in [2.24, 2.45) is 0 Å². The van der Waals surface area contributed by atoms with Crippen LogP contribution in [0.15, 0.2) is 18.5 Å². The highest BCUT2D eigenvalue weighted by molar-refractivity contribution is 5.79. The van der Waals surface area contributed by atoms with Crippen molar-refractivity contribution in [3.8, 4) is 6.07 Å². The number of likely N-dealkylation sites (tertiary alicyclic amines) is 1. The maximum absolute atomic E-state index is 12.7.